The molecule has 1 fully saturated rings. The number of aromatic nitrogens is 1. The third kappa shape index (κ3) is 3.04. The van der Waals surface area contributed by atoms with Crippen LogP contribution in [0.4, 0.5) is 5.69 Å². The molecule has 1 aliphatic carbocycles. The first-order chi connectivity index (χ1) is 9.82. The van der Waals surface area contributed by atoms with Gasteiger partial charge in [0.05, 0.1) is 11.8 Å². The topological polar surface area (TPSA) is 80.3 Å². The van der Waals surface area contributed by atoms with Crippen LogP contribution in [0.3, 0.4) is 0 Å². The van der Waals surface area contributed by atoms with Crippen LogP contribution in [0.5, 0.6) is 0 Å². The van der Waals surface area contributed by atoms with E-state index in [0.717, 1.165) is 0 Å². The van der Waals surface area contributed by atoms with Gasteiger partial charge in [-0.1, -0.05) is 13.8 Å². The highest BCUT2D eigenvalue weighted by Gasteiger charge is 2.50. The van der Waals surface area contributed by atoms with Crippen molar-refractivity contribution in [3.05, 3.63) is 18.3 Å². The monoisotopic (exact) mass is 313 g/mol. The maximum Gasteiger partial charge on any atom is 0.260 e. The Balaban J connectivity index is 2.16. The summed E-state index contributed by atoms with van der Waals surface area (Å²) >= 11 is 0. The molecule has 0 amide bonds. The molecule has 0 aromatic carbocycles. The molecule has 2 N–H and O–H groups in total. The molecule has 1 aliphatic rings. The molecular formula is C14H23N3O3S. The van der Waals surface area contributed by atoms with E-state index in [1.807, 2.05) is 20.8 Å². The fraction of sp³-hybridized carbons (Fsp3) is 0.643. The number of nitrogens with one attached hydrogen (secondary N) is 2. The zero-order chi connectivity index (χ0) is 15.7. The Kier molecular flexibility index (Phi) is 4.55. The lowest BCUT2D eigenvalue weighted by Crippen LogP contribution is -2.62. The lowest BCUT2D eigenvalue weighted by Gasteiger charge is -2.51. The first-order valence-electron chi connectivity index (χ1n) is 7.09. The number of sulfonamides is 1. The van der Waals surface area contributed by atoms with Crippen molar-refractivity contribution in [2.24, 2.45) is 5.41 Å². The average Bonchev–Trinajstić information content (AvgIpc) is 2.46. The van der Waals surface area contributed by atoms with Gasteiger partial charge in [-0.05, 0) is 25.5 Å². The molecule has 2 atom stereocenters. The highest BCUT2D eigenvalue weighted by Crippen LogP contribution is 2.43. The van der Waals surface area contributed by atoms with Gasteiger partial charge in [-0.2, -0.15) is 0 Å². The summed E-state index contributed by atoms with van der Waals surface area (Å²) in [6.07, 6.45) is 2.24. The Morgan fingerprint density at radius 2 is 2.19 bits per heavy atom. The van der Waals surface area contributed by atoms with E-state index >= 15 is 0 Å². The van der Waals surface area contributed by atoms with Crippen LogP contribution in [0, 0.1) is 5.41 Å². The molecule has 0 bridgehead atoms. The van der Waals surface area contributed by atoms with E-state index < -0.39 is 10.0 Å². The van der Waals surface area contributed by atoms with Crippen LogP contribution in [-0.4, -0.2) is 39.2 Å². The summed E-state index contributed by atoms with van der Waals surface area (Å²) in [6.45, 7) is 6.61. The number of rotatable bonds is 6. The Hall–Kier alpha value is -1.18. The van der Waals surface area contributed by atoms with Crippen molar-refractivity contribution in [3.63, 3.8) is 0 Å². The first kappa shape index (κ1) is 16.2. The van der Waals surface area contributed by atoms with Gasteiger partial charge in [-0.25, -0.2) is 18.1 Å². The Morgan fingerprint density at radius 3 is 2.76 bits per heavy atom. The van der Waals surface area contributed by atoms with Crippen LogP contribution < -0.4 is 10.0 Å². The van der Waals surface area contributed by atoms with Gasteiger partial charge in [0.2, 0.25) is 0 Å². The maximum absolute atomic E-state index is 12.5. The van der Waals surface area contributed by atoms with Gasteiger partial charge in [0.1, 0.15) is 0 Å². The summed E-state index contributed by atoms with van der Waals surface area (Å²) in [5.41, 5.74) is 0.265. The Labute approximate surface area is 126 Å². The van der Waals surface area contributed by atoms with Gasteiger partial charge >= 0.3 is 0 Å². The lowest BCUT2D eigenvalue weighted by atomic mass is 9.65. The number of hydrogen-bond acceptors (Lipinski definition) is 5. The second-order valence-corrected chi connectivity index (χ2v) is 7.41. The van der Waals surface area contributed by atoms with Gasteiger partial charge in [0.15, 0.2) is 5.03 Å². The largest absolute Gasteiger partial charge is 0.386 e. The molecule has 21 heavy (non-hydrogen) atoms. The van der Waals surface area contributed by atoms with Crippen molar-refractivity contribution in [2.75, 3.05) is 19.0 Å². The fourth-order valence-electron chi connectivity index (χ4n) is 2.61. The zero-order valence-corrected chi connectivity index (χ0v) is 13.7. The van der Waals surface area contributed by atoms with Crippen LogP contribution in [0.15, 0.2) is 23.4 Å². The quantitative estimate of drug-likeness (QED) is 0.834. The molecule has 0 spiro atoms. The summed E-state index contributed by atoms with van der Waals surface area (Å²) in [4.78, 5) is 3.99. The Morgan fingerprint density at radius 1 is 1.48 bits per heavy atom. The van der Waals surface area contributed by atoms with Crippen molar-refractivity contribution in [1.29, 1.82) is 0 Å². The second kappa shape index (κ2) is 5.90. The van der Waals surface area contributed by atoms with E-state index in [4.69, 9.17) is 4.74 Å². The fourth-order valence-corrected chi connectivity index (χ4v) is 4.15. The standard InChI is InChI=1S/C14H23N3O3S/c1-5-20-12-9-11(14(12,2)3)17-21(18,19)13-10(15-4)7-6-8-16-13/h6-8,11-12,15,17H,5,9H2,1-4H3. The van der Waals surface area contributed by atoms with Crippen molar-refractivity contribution in [3.8, 4) is 0 Å². The molecular weight excluding hydrogens is 290 g/mol. The van der Waals surface area contributed by atoms with E-state index in [1.165, 1.54) is 6.20 Å². The molecule has 2 unspecified atom stereocenters. The summed E-state index contributed by atoms with van der Waals surface area (Å²) in [7, 11) is -1.98. The van der Waals surface area contributed by atoms with Crippen LogP contribution >= 0.6 is 0 Å². The van der Waals surface area contributed by atoms with Crippen molar-refractivity contribution in [2.45, 2.75) is 44.4 Å². The molecule has 6 nitrogen and oxygen atoms in total. The molecule has 0 aliphatic heterocycles. The summed E-state index contributed by atoms with van der Waals surface area (Å²) in [6, 6.07) is 3.24. The van der Waals surface area contributed by atoms with Gasteiger partial charge in [0.25, 0.3) is 10.0 Å². The van der Waals surface area contributed by atoms with E-state index in [0.29, 0.717) is 18.7 Å². The summed E-state index contributed by atoms with van der Waals surface area (Å²) in [5, 5.41) is 2.89. The predicted octanol–water partition coefficient (Wildman–Crippen LogP) is 1.61. The van der Waals surface area contributed by atoms with Crippen molar-refractivity contribution < 1.29 is 13.2 Å². The van der Waals surface area contributed by atoms with Crippen molar-refractivity contribution in [1.82, 2.24) is 9.71 Å². The lowest BCUT2D eigenvalue weighted by molar-refractivity contribution is -0.108. The number of anilines is 1. The third-order valence-corrected chi connectivity index (χ3v) is 5.57. The van der Waals surface area contributed by atoms with Gasteiger partial charge in [-0.3, -0.25) is 0 Å². The number of ether oxygens (including phenoxy) is 1. The third-order valence-electron chi connectivity index (χ3n) is 4.14. The molecule has 1 aromatic rings. The van der Waals surface area contributed by atoms with Crippen molar-refractivity contribution >= 4 is 15.7 Å². The highest BCUT2D eigenvalue weighted by atomic mass is 32.2. The average molecular weight is 313 g/mol. The molecule has 2 rings (SSSR count). The molecule has 0 saturated heterocycles. The van der Waals surface area contributed by atoms with Gasteiger partial charge < -0.3 is 10.1 Å². The minimum absolute atomic E-state index is 0.0307. The zero-order valence-electron chi connectivity index (χ0n) is 12.9. The summed E-state index contributed by atoms with van der Waals surface area (Å²) < 4.78 is 33.4. The summed E-state index contributed by atoms with van der Waals surface area (Å²) in [5.74, 6) is 0. The predicted molar refractivity (Wildman–Crippen MR) is 81.7 cm³/mol. The highest BCUT2D eigenvalue weighted by molar-refractivity contribution is 7.89. The van der Waals surface area contributed by atoms with Crippen LogP contribution in [-0.2, 0) is 14.8 Å². The van der Waals surface area contributed by atoms with E-state index in [2.05, 4.69) is 15.0 Å². The number of hydrogen-bond donors (Lipinski definition) is 2. The molecule has 1 saturated carbocycles. The molecule has 7 heteroatoms. The first-order valence-corrected chi connectivity index (χ1v) is 8.58. The van der Waals surface area contributed by atoms with Crippen LogP contribution in [0.1, 0.15) is 27.2 Å². The molecule has 1 aromatic heterocycles. The maximum atomic E-state index is 12.5. The van der Waals surface area contributed by atoms with Crippen LogP contribution in [0.25, 0.3) is 0 Å². The number of pyridine rings is 1. The molecule has 0 radical (unpaired) electrons. The second-order valence-electron chi connectivity index (χ2n) is 5.78. The van der Waals surface area contributed by atoms with Gasteiger partial charge in [-0.15, -0.1) is 0 Å². The van der Waals surface area contributed by atoms with E-state index in [1.54, 1.807) is 19.2 Å². The minimum atomic E-state index is -3.65. The van der Waals surface area contributed by atoms with Gasteiger partial charge in [0, 0.05) is 31.3 Å². The van der Waals surface area contributed by atoms with Crippen LogP contribution in [0.2, 0.25) is 0 Å². The minimum Gasteiger partial charge on any atom is -0.386 e. The van der Waals surface area contributed by atoms with E-state index in [9.17, 15) is 8.42 Å². The normalized spacial score (nSPS) is 24.4. The number of nitrogens with zero attached hydrogens (tertiary/aromatic N) is 1. The smallest absolute Gasteiger partial charge is 0.260 e. The SMILES string of the molecule is CCOC1CC(NS(=O)(=O)c2ncccc2NC)C1(C)C. The Bertz CT molecular complexity index is 601. The van der Waals surface area contributed by atoms with E-state index in [-0.39, 0.29) is 22.6 Å². The molecule has 118 valence electrons. The molecule has 1 heterocycles.